The van der Waals surface area contributed by atoms with E-state index >= 15 is 0 Å². The van der Waals surface area contributed by atoms with Crippen LogP contribution in [0.25, 0.3) is 0 Å². The molecule has 0 aromatic heterocycles. The molecule has 0 aliphatic carbocycles. The van der Waals surface area contributed by atoms with Gasteiger partial charge < -0.3 is 5.32 Å². The van der Waals surface area contributed by atoms with Crippen LogP contribution < -0.4 is 5.32 Å². The van der Waals surface area contributed by atoms with E-state index in [1.54, 1.807) is 0 Å². The van der Waals surface area contributed by atoms with Gasteiger partial charge in [0.15, 0.2) is 0 Å². The molecular weight excluding hydrogens is 230 g/mol. The van der Waals surface area contributed by atoms with Crippen LogP contribution in [0.2, 0.25) is 0 Å². The zero-order chi connectivity index (χ0) is 13.9. The third-order valence-electron chi connectivity index (χ3n) is 3.70. The quantitative estimate of drug-likeness (QED) is 0.585. The van der Waals surface area contributed by atoms with E-state index in [9.17, 15) is 0 Å². The summed E-state index contributed by atoms with van der Waals surface area (Å²) in [5.74, 6) is 1.48. The fourth-order valence-corrected chi connectivity index (χ4v) is 2.37. The van der Waals surface area contributed by atoms with Crippen molar-refractivity contribution in [3.63, 3.8) is 0 Å². The first-order valence-electron chi connectivity index (χ1n) is 7.96. The van der Waals surface area contributed by atoms with Crippen molar-refractivity contribution in [3.05, 3.63) is 35.9 Å². The topological polar surface area (TPSA) is 12.0 Å². The Hall–Kier alpha value is -0.820. The lowest BCUT2D eigenvalue weighted by Crippen LogP contribution is -2.21. The Morgan fingerprint density at radius 2 is 1.58 bits per heavy atom. The van der Waals surface area contributed by atoms with Gasteiger partial charge in [-0.2, -0.15) is 0 Å². The summed E-state index contributed by atoms with van der Waals surface area (Å²) < 4.78 is 0. The van der Waals surface area contributed by atoms with Crippen molar-refractivity contribution in [1.29, 1.82) is 0 Å². The summed E-state index contributed by atoms with van der Waals surface area (Å²) in [5, 5.41) is 3.58. The number of rotatable bonds is 10. The molecule has 0 spiro atoms. The van der Waals surface area contributed by atoms with Crippen LogP contribution in [0.3, 0.4) is 0 Å². The monoisotopic (exact) mass is 261 g/mol. The van der Waals surface area contributed by atoms with Crippen molar-refractivity contribution < 1.29 is 0 Å². The lowest BCUT2D eigenvalue weighted by Gasteiger charge is -2.13. The van der Waals surface area contributed by atoms with Crippen LogP contribution >= 0.6 is 0 Å². The zero-order valence-electron chi connectivity index (χ0n) is 13.0. The maximum atomic E-state index is 3.58. The first kappa shape index (κ1) is 16.2. The van der Waals surface area contributed by atoms with Crippen LogP contribution in [-0.4, -0.2) is 13.1 Å². The Morgan fingerprint density at radius 1 is 0.895 bits per heavy atom. The van der Waals surface area contributed by atoms with E-state index in [-0.39, 0.29) is 0 Å². The highest BCUT2D eigenvalue weighted by atomic mass is 14.8. The average Bonchev–Trinajstić information content (AvgIpc) is 2.42. The molecule has 1 N–H and O–H groups in total. The summed E-state index contributed by atoms with van der Waals surface area (Å²) in [6.07, 6.45) is 6.88. The smallest absolute Gasteiger partial charge is 0.00174 e. The standard InChI is InChI=1S/C18H31N/c1-16(2)11-7-4-5-10-14-19-15-17(3)18-12-8-6-9-13-18/h6,8-9,12-13,16-17,19H,4-5,7,10-11,14-15H2,1-3H3. The first-order valence-corrected chi connectivity index (χ1v) is 7.96. The van der Waals surface area contributed by atoms with Crippen molar-refractivity contribution in [2.24, 2.45) is 5.92 Å². The van der Waals surface area contributed by atoms with Crippen molar-refractivity contribution in [3.8, 4) is 0 Å². The van der Waals surface area contributed by atoms with E-state index in [1.807, 2.05) is 0 Å². The number of benzene rings is 1. The van der Waals surface area contributed by atoms with Gasteiger partial charge >= 0.3 is 0 Å². The van der Waals surface area contributed by atoms with Gasteiger partial charge in [-0.05, 0) is 30.4 Å². The van der Waals surface area contributed by atoms with Gasteiger partial charge in [-0.1, -0.05) is 76.8 Å². The lowest BCUT2D eigenvalue weighted by atomic mass is 10.0. The summed E-state index contributed by atoms with van der Waals surface area (Å²) in [7, 11) is 0. The Bertz CT molecular complexity index is 305. The molecule has 19 heavy (non-hydrogen) atoms. The molecular formula is C18H31N. The van der Waals surface area contributed by atoms with E-state index in [4.69, 9.17) is 0 Å². The molecule has 0 amide bonds. The lowest BCUT2D eigenvalue weighted by molar-refractivity contribution is 0.508. The maximum absolute atomic E-state index is 3.58. The van der Waals surface area contributed by atoms with Gasteiger partial charge in [-0.3, -0.25) is 0 Å². The van der Waals surface area contributed by atoms with Crippen LogP contribution in [0.4, 0.5) is 0 Å². The molecule has 0 bridgehead atoms. The Morgan fingerprint density at radius 3 is 2.26 bits per heavy atom. The van der Waals surface area contributed by atoms with Gasteiger partial charge in [0.25, 0.3) is 0 Å². The zero-order valence-corrected chi connectivity index (χ0v) is 13.0. The molecule has 0 saturated carbocycles. The van der Waals surface area contributed by atoms with Crippen molar-refractivity contribution in [2.75, 3.05) is 13.1 Å². The normalized spacial score (nSPS) is 12.8. The predicted octanol–water partition coefficient (Wildman–Crippen LogP) is 4.99. The highest BCUT2D eigenvalue weighted by Gasteiger charge is 2.03. The minimum atomic E-state index is 0.613. The van der Waals surface area contributed by atoms with Crippen LogP contribution in [0.5, 0.6) is 0 Å². The van der Waals surface area contributed by atoms with E-state index < -0.39 is 0 Å². The van der Waals surface area contributed by atoms with E-state index in [1.165, 1.54) is 44.2 Å². The van der Waals surface area contributed by atoms with Gasteiger partial charge in [0.1, 0.15) is 0 Å². The SMILES string of the molecule is CC(C)CCCCCCNCC(C)c1ccccc1. The van der Waals surface area contributed by atoms with Crippen LogP contribution in [0.1, 0.15) is 64.4 Å². The van der Waals surface area contributed by atoms with Crippen LogP contribution in [0, 0.1) is 5.92 Å². The fraction of sp³-hybridized carbons (Fsp3) is 0.667. The molecule has 1 rings (SSSR count). The Kier molecular flexibility index (Phi) is 8.57. The van der Waals surface area contributed by atoms with Crippen molar-refractivity contribution >= 4 is 0 Å². The maximum Gasteiger partial charge on any atom is 0.00174 e. The fourth-order valence-electron chi connectivity index (χ4n) is 2.37. The summed E-state index contributed by atoms with van der Waals surface area (Å²) in [6, 6.07) is 10.8. The Balaban J connectivity index is 1.96. The molecule has 0 radical (unpaired) electrons. The molecule has 108 valence electrons. The molecule has 1 aromatic rings. The second-order valence-electron chi connectivity index (χ2n) is 6.11. The summed E-state index contributed by atoms with van der Waals surface area (Å²) in [5.41, 5.74) is 1.44. The molecule has 0 fully saturated rings. The number of hydrogen-bond donors (Lipinski definition) is 1. The van der Waals surface area contributed by atoms with E-state index in [0.717, 1.165) is 12.5 Å². The Labute approximate surface area is 119 Å². The second-order valence-corrected chi connectivity index (χ2v) is 6.11. The molecule has 1 aromatic carbocycles. The van der Waals surface area contributed by atoms with Gasteiger partial charge in [0.05, 0.1) is 0 Å². The van der Waals surface area contributed by atoms with Crippen LogP contribution in [0.15, 0.2) is 30.3 Å². The molecule has 0 heterocycles. The largest absolute Gasteiger partial charge is 0.316 e. The summed E-state index contributed by atoms with van der Waals surface area (Å²) >= 11 is 0. The van der Waals surface area contributed by atoms with Crippen molar-refractivity contribution in [1.82, 2.24) is 5.32 Å². The minimum Gasteiger partial charge on any atom is -0.316 e. The average molecular weight is 261 g/mol. The third kappa shape index (κ3) is 8.05. The number of unbranched alkanes of at least 4 members (excludes halogenated alkanes) is 3. The van der Waals surface area contributed by atoms with Crippen molar-refractivity contribution in [2.45, 2.75) is 58.8 Å². The number of nitrogens with one attached hydrogen (secondary N) is 1. The van der Waals surface area contributed by atoms with Gasteiger partial charge in [-0.15, -0.1) is 0 Å². The molecule has 1 unspecified atom stereocenters. The second kappa shape index (κ2) is 10.0. The van der Waals surface area contributed by atoms with E-state index in [2.05, 4.69) is 56.4 Å². The first-order chi connectivity index (χ1) is 9.20. The summed E-state index contributed by atoms with van der Waals surface area (Å²) in [6.45, 7) is 9.18. The van der Waals surface area contributed by atoms with E-state index in [0.29, 0.717) is 5.92 Å². The van der Waals surface area contributed by atoms with Gasteiger partial charge in [0.2, 0.25) is 0 Å². The number of hydrogen-bond acceptors (Lipinski definition) is 1. The summed E-state index contributed by atoms with van der Waals surface area (Å²) in [4.78, 5) is 0. The molecule has 0 saturated heterocycles. The molecule has 1 nitrogen and oxygen atoms in total. The third-order valence-corrected chi connectivity index (χ3v) is 3.70. The molecule has 1 atom stereocenters. The van der Waals surface area contributed by atoms with Gasteiger partial charge in [-0.25, -0.2) is 0 Å². The molecule has 1 heteroatoms. The molecule has 0 aliphatic heterocycles. The van der Waals surface area contributed by atoms with Crippen LogP contribution in [-0.2, 0) is 0 Å². The predicted molar refractivity (Wildman–Crippen MR) is 85.6 cm³/mol. The highest BCUT2D eigenvalue weighted by molar-refractivity contribution is 5.18. The van der Waals surface area contributed by atoms with Gasteiger partial charge in [0, 0.05) is 6.54 Å². The minimum absolute atomic E-state index is 0.613. The highest BCUT2D eigenvalue weighted by Crippen LogP contribution is 2.13. The molecule has 0 aliphatic rings.